The quantitative estimate of drug-likeness (QED) is 0.760. The molecule has 0 radical (unpaired) electrons. The van der Waals surface area contributed by atoms with Gasteiger partial charge in [-0.05, 0) is 43.0 Å². The van der Waals surface area contributed by atoms with Gasteiger partial charge >= 0.3 is 0 Å². The van der Waals surface area contributed by atoms with Gasteiger partial charge in [-0.3, -0.25) is 9.59 Å². The average Bonchev–Trinajstić information content (AvgIpc) is 2.78. The third kappa shape index (κ3) is 4.02. The Morgan fingerprint density at radius 3 is 2.45 bits per heavy atom. The standard InChI is InChI=1S/C25H27NO5/c1-4-31-21-8-6-5-7-17(21)18-14-24(28)26-19-11-16(12-20(27)25(18)19)15-9-10-22(29-2)23(13-15)30-3/h5-10,13,16,18H,4,11-12,14H2,1-3H3,(H,26,28)/t16-,18-/m1/s1. The third-order valence-electron chi connectivity index (χ3n) is 6.01. The monoisotopic (exact) mass is 421 g/mol. The fourth-order valence-corrected chi connectivity index (χ4v) is 4.62. The highest BCUT2D eigenvalue weighted by Gasteiger charge is 2.39. The van der Waals surface area contributed by atoms with Crippen LogP contribution in [0.3, 0.4) is 0 Å². The van der Waals surface area contributed by atoms with Crippen LogP contribution >= 0.6 is 0 Å². The number of nitrogens with one attached hydrogen (secondary N) is 1. The van der Waals surface area contributed by atoms with Gasteiger partial charge in [0.1, 0.15) is 5.75 Å². The topological polar surface area (TPSA) is 73.9 Å². The number of Topliss-reactive ketones (excluding diaryl/α,β-unsaturated/α-hetero) is 1. The zero-order valence-corrected chi connectivity index (χ0v) is 18.1. The Labute approximate surface area is 182 Å². The molecule has 0 saturated heterocycles. The molecule has 4 rings (SSSR count). The number of carbonyl (C=O) groups is 2. The van der Waals surface area contributed by atoms with Crippen molar-refractivity contribution >= 4 is 11.7 Å². The van der Waals surface area contributed by atoms with Crippen LogP contribution in [0.5, 0.6) is 17.2 Å². The smallest absolute Gasteiger partial charge is 0.225 e. The molecule has 0 unspecified atom stereocenters. The zero-order valence-electron chi connectivity index (χ0n) is 18.1. The first-order valence-corrected chi connectivity index (χ1v) is 10.5. The van der Waals surface area contributed by atoms with Crippen molar-refractivity contribution in [1.82, 2.24) is 5.32 Å². The number of allylic oxidation sites excluding steroid dienone is 2. The Hall–Kier alpha value is -3.28. The summed E-state index contributed by atoms with van der Waals surface area (Å²) >= 11 is 0. The minimum atomic E-state index is -0.287. The van der Waals surface area contributed by atoms with Gasteiger partial charge in [-0.2, -0.15) is 0 Å². The number of rotatable bonds is 6. The van der Waals surface area contributed by atoms with E-state index in [1.165, 1.54) is 0 Å². The molecule has 6 heteroatoms. The summed E-state index contributed by atoms with van der Waals surface area (Å²) in [5, 5.41) is 2.97. The number of amides is 1. The van der Waals surface area contributed by atoms with Crippen LogP contribution in [0.15, 0.2) is 53.7 Å². The van der Waals surface area contributed by atoms with Crippen LogP contribution in [0, 0.1) is 0 Å². The molecule has 2 atom stereocenters. The Morgan fingerprint density at radius 1 is 0.935 bits per heavy atom. The van der Waals surface area contributed by atoms with Crippen LogP contribution in [-0.2, 0) is 9.59 Å². The molecule has 162 valence electrons. The molecule has 1 aliphatic heterocycles. The van der Waals surface area contributed by atoms with Gasteiger partial charge in [0.15, 0.2) is 17.3 Å². The summed E-state index contributed by atoms with van der Waals surface area (Å²) < 4.78 is 16.5. The molecule has 6 nitrogen and oxygen atoms in total. The molecule has 0 bridgehead atoms. The van der Waals surface area contributed by atoms with E-state index in [1.807, 2.05) is 49.4 Å². The number of methoxy groups -OCH3 is 2. The molecule has 2 aromatic carbocycles. The third-order valence-corrected chi connectivity index (χ3v) is 6.01. The van der Waals surface area contributed by atoms with E-state index in [1.54, 1.807) is 14.2 Å². The lowest BCUT2D eigenvalue weighted by Crippen LogP contribution is -2.38. The Morgan fingerprint density at radius 2 is 1.71 bits per heavy atom. The molecule has 1 aliphatic carbocycles. The summed E-state index contributed by atoms with van der Waals surface area (Å²) in [6.07, 6.45) is 1.22. The minimum Gasteiger partial charge on any atom is -0.494 e. The van der Waals surface area contributed by atoms with Crippen LogP contribution in [-0.4, -0.2) is 32.5 Å². The second-order valence-electron chi connectivity index (χ2n) is 7.81. The summed E-state index contributed by atoms with van der Waals surface area (Å²) in [6, 6.07) is 13.4. The van der Waals surface area contributed by atoms with Crippen molar-refractivity contribution in [3.05, 3.63) is 64.9 Å². The van der Waals surface area contributed by atoms with E-state index in [0.29, 0.717) is 36.5 Å². The summed E-state index contributed by atoms with van der Waals surface area (Å²) in [6.45, 7) is 2.45. The SMILES string of the molecule is CCOc1ccccc1[C@H]1CC(=O)NC2=C1C(=O)C[C@H](c1ccc(OC)c(OC)c1)C2. The molecular weight excluding hydrogens is 394 g/mol. The first kappa shape index (κ1) is 21.0. The van der Waals surface area contributed by atoms with Gasteiger partial charge in [0.05, 0.1) is 20.8 Å². The van der Waals surface area contributed by atoms with E-state index in [4.69, 9.17) is 14.2 Å². The van der Waals surface area contributed by atoms with Crippen LogP contribution in [0.1, 0.15) is 49.1 Å². The minimum absolute atomic E-state index is 0.0350. The van der Waals surface area contributed by atoms with Crippen LogP contribution in [0.2, 0.25) is 0 Å². The fourth-order valence-electron chi connectivity index (χ4n) is 4.62. The maximum absolute atomic E-state index is 13.3. The summed E-state index contributed by atoms with van der Waals surface area (Å²) in [4.78, 5) is 25.9. The normalized spacial score (nSPS) is 20.7. The Kier molecular flexibility index (Phi) is 5.98. The lowest BCUT2D eigenvalue weighted by Gasteiger charge is -2.35. The molecule has 1 amide bonds. The van der Waals surface area contributed by atoms with E-state index in [-0.39, 0.29) is 29.9 Å². The average molecular weight is 421 g/mol. The van der Waals surface area contributed by atoms with Gasteiger partial charge in [0.25, 0.3) is 0 Å². The molecule has 0 fully saturated rings. The Bertz CT molecular complexity index is 1040. The molecule has 0 aromatic heterocycles. The second-order valence-corrected chi connectivity index (χ2v) is 7.81. The van der Waals surface area contributed by atoms with E-state index in [0.717, 1.165) is 22.6 Å². The predicted octanol–water partition coefficient (Wildman–Crippen LogP) is 4.11. The fraction of sp³-hybridized carbons (Fsp3) is 0.360. The van der Waals surface area contributed by atoms with Crippen molar-refractivity contribution in [3.8, 4) is 17.2 Å². The van der Waals surface area contributed by atoms with Crippen LogP contribution in [0.4, 0.5) is 0 Å². The molecule has 0 spiro atoms. The highest BCUT2D eigenvalue weighted by atomic mass is 16.5. The summed E-state index contributed by atoms with van der Waals surface area (Å²) in [5.41, 5.74) is 3.32. The summed E-state index contributed by atoms with van der Waals surface area (Å²) in [5.74, 6) is 1.67. The van der Waals surface area contributed by atoms with Crippen molar-refractivity contribution < 1.29 is 23.8 Å². The largest absolute Gasteiger partial charge is 0.494 e. The first-order valence-electron chi connectivity index (χ1n) is 10.5. The molecule has 1 N–H and O–H groups in total. The number of ether oxygens (including phenoxy) is 3. The van der Waals surface area contributed by atoms with E-state index in [9.17, 15) is 9.59 Å². The number of hydrogen-bond acceptors (Lipinski definition) is 5. The number of benzene rings is 2. The van der Waals surface area contributed by atoms with Crippen molar-refractivity contribution in [2.75, 3.05) is 20.8 Å². The molecular formula is C25H27NO5. The van der Waals surface area contributed by atoms with Crippen LogP contribution in [0.25, 0.3) is 0 Å². The highest BCUT2D eigenvalue weighted by molar-refractivity contribution is 6.02. The lowest BCUT2D eigenvalue weighted by atomic mass is 9.73. The number of carbonyl (C=O) groups excluding carboxylic acids is 2. The van der Waals surface area contributed by atoms with Gasteiger partial charge in [-0.25, -0.2) is 0 Å². The van der Waals surface area contributed by atoms with Crippen LogP contribution < -0.4 is 19.5 Å². The van der Waals surface area contributed by atoms with Gasteiger partial charge in [0.2, 0.25) is 5.91 Å². The number of hydrogen-bond donors (Lipinski definition) is 1. The summed E-state index contributed by atoms with van der Waals surface area (Å²) in [7, 11) is 3.19. The van der Waals surface area contributed by atoms with Crippen molar-refractivity contribution in [3.63, 3.8) is 0 Å². The molecule has 2 aliphatic rings. The van der Waals surface area contributed by atoms with Crippen molar-refractivity contribution in [1.29, 1.82) is 0 Å². The lowest BCUT2D eigenvalue weighted by molar-refractivity contribution is -0.122. The Balaban J connectivity index is 1.70. The maximum atomic E-state index is 13.3. The van der Waals surface area contributed by atoms with E-state index < -0.39 is 0 Å². The number of ketones is 1. The second kappa shape index (κ2) is 8.84. The van der Waals surface area contributed by atoms with Gasteiger partial charge in [0, 0.05) is 35.6 Å². The zero-order chi connectivity index (χ0) is 22.0. The van der Waals surface area contributed by atoms with E-state index in [2.05, 4.69) is 5.32 Å². The molecule has 2 aromatic rings. The van der Waals surface area contributed by atoms with Crippen molar-refractivity contribution in [2.45, 2.75) is 38.0 Å². The van der Waals surface area contributed by atoms with Gasteiger partial charge < -0.3 is 19.5 Å². The molecule has 0 saturated carbocycles. The molecule has 31 heavy (non-hydrogen) atoms. The maximum Gasteiger partial charge on any atom is 0.225 e. The van der Waals surface area contributed by atoms with E-state index >= 15 is 0 Å². The first-order chi connectivity index (χ1) is 15.0. The predicted molar refractivity (Wildman–Crippen MR) is 117 cm³/mol. The number of para-hydroxylation sites is 1. The van der Waals surface area contributed by atoms with Crippen molar-refractivity contribution in [2.24, 2.45) is 0 Å². The highest BCUT2D eigenvalue weighted by Crippen LogP contribution is 2.45. The van der Waals surface area contributed by atoms with Gasteiger partial charge in [-0.15, -0.1) is 0 Å². The van der Waals surface area contributed by atoms with Gasteiger partial charge in [-0.1, -0.05) is 24.3 Å². The molecule has 1 heterocycles.